The van der Waals surface area contributed by atoms with Crippen molar-refractivity contribution in [3.05, 3.63) is 41.6 Å². The highest BCUT2D eigenvalue weighted by Gasteiger charge is 2.13. The second-order valence-corrected chi connectivity index (χ2v) is 4.76. The van der Waals surface area contributed by atoms with Gasteiger partial charge in [0.1, 0.15) is 6.10 Å². The van der Waals surface area contributed by atoms with Crippen LogP contribution in [0.4, 0.5) is 0 Å². The SMILES string of the molecule is O[C@@H](CBr)C[n+]1cccc2cc(Cl)ccc21. The molecule has 1 atom stereocenters. The van der Waals surface area contributed by atoms with Gasteiger partial charge in [0.2, 0.25) is 5.52 Å². The lowest BCUT2D eigenvalue weighted by atomic mass is 10.2. The Bertz CT molecular complexity index is 503. The molecule has 0 fully saturated rings. The van der Waals surface area contributed by atoms with E-state index >= 15 is 0 Å². The number of nitrogens with zero attached hydrogens (tertiary/aromatic N) is 1. The molecular weight excluding hydrogens is 289 g/mol. The molecule has 2 rings (SSSR count). The van der Waals surface area contributed by atoms with Crippen LogP contribution in [0.2, 0.25) is 5.02 Å². The van der Waals surface area contributed by atoms with Gasteiger partial charge < -0.3 is 5.11 Å². The third kappa shape index (κ3) is 2.54. The van der Waals surface area contributed by atoms with Crippen LogP contribution in [-0.2, 0) is 6.54 Å². The van der Waals surface area contributed by atoms with Crippen molar-refractivity contribution in [3.8, 4) is 0 Å². The number of benzene rings is 1. The molecule has 0 saturated carbocycles. The van der Waals surface area contributed by atoms with Gasteiger partial charge in [-0.25, -0.2) is 0 Å². The second-order valence-electron chi connectivity index (χ2n) is 3.67. The molecule has 0 spiro atoms. The molecule has 1 heterocycles. The zero-order valence-electron chi connectivity index (χ0n) is 8.61. The van der Waals surface area contributed by atoms with Crippen molar-refractivity contribution >= 4 is 38.4 Å². The van der Waals surface area contributed by atoms with Crippen molar-refractivity contribution in [2.24, 2.45) is 0 Å². The van der Waals surface area contributed by atoms with Gasteiger partial charge in [-0.3, -0.25) is 0 Å². The number of aliphatic hydroxyl groups is 1. The Morgan fingerprint density at radius 2 is 2.19 bits per heavy atom. The summed E-state index contributed by atoms with van der Waals surface area (Å²) in [5.41, 5.74) is 1.08. The molecule has 0 bridgehead atoms. The Hall–Kier alpha value is -0.640. The van der Waals surface area contributed by atoms with Crippen molar-refractivity contribution in [2.45, 2.75) is 12.6 Å². The Morgan fingerprint density at radius 1 is 1.38 bits per heavy atom. The number of aliphatic hydroxyl groups excluding tert-OH is 1. The first kappa shape index (κ1) is 11.8. The quantitative estimate of drug-likeness (QED) is 0.684. The first-order chi connectivity index (χ1) is 7.70. The molecule has 2 aromatic rings. The van der Waals surface area contributed by atoms with Gasteiger partial charge in [0.15, 0.2) is 12.7 Å². The molecule has 1 aromatic carbocycles. The predicted molar refractivity (Wildman–Crippen MR) is 69.0 cm³/mol. The molecular formula is C12H12BrClNO+. The van der Waals surface area contributed by atoms with Crippen molar-refractivity contribution in [2.75, 3.05) is 5.33 Å². The fourth-order valence-corrected chi connectivity index (χ4v) is 2.07. The summed E-state index contributed by atoms with van der Waals surface area (Å²) in [6.45, 7) is 0.574. The summed E-state index contributed by atoms with van der Waals surface area (Å²) in [6, 6.07) is 9.73. The number of halogens is 2. The van der Waals surface area contributed by atoms with E-state index in [9.17, 15) is 5.11 Å². The van der Waals surface area contributed by atoms with Crippen molar-refractivity contribution < 1.29 is 9.67 Å². The average Bonchev–Trinajstić information content (AvgIpc) is 2.28. The molecule has 0 aliphatic rings. The van der Waals surface area contributed by atoms with Crippen LogP contribution in [0.1, 0.15) is 0 Å². The maximum absolute atomic E-state index is 9.63. The number of hydrogen-bond donors (Lipinski definition) is 1. The van der Waals surface area contributed by atoms with Gasteiger partial charge in [0.25, 0.3) is 0 Å². The largest absolute Gasteiger partial charge is 0.386 e. The number of aromatic nitrogens is 1. The highest BCUT2D eigenvalue weighted by Crippen LogP contribution is 2.16. The molecule has 0 unspecified atom stereocenters. The van der Waals surface area contributed by atoms with Crippen molar-refractivity contribution in [3.63, 3.8) is 0 Å². The molecule has 0 aliphatic carbocycles. The van der Waals surface area contributed by atoms with E-state index in [1.165, 1.54) is 0 Å². The minimum atomic E-state index is -0.383. The summed E-state index contributed by atoms with van der Waals surface area (Å²) in [5, 5.41) is 12.0. The number of alkyl halides is 1. The van der Waals surface area contributed by atoms with E-state index in [0.717, 1.165) is 15.9 Å². The Balaban J connectivity index is 2.45. The molecule has 0 radical (unpaired) electrons. The number of fused-ring (bicyclic) bond motifs is 1. The summed E-state index contributed by atoms with van der Waals surface area (Å²) in [5.74, 6) is 0. The molecule has 16 heavy (non-hydrogen) atoms. The zero-order valence-corrected chi connectivity index (χ0v) is 10.9. The Morgan fingerprint density at radius 3 is 2.94 bits per heavy atom. The van der Waals surface area contributed by atoms with Crippen LogP contribution >= 0.6 is 27.5 Å². The minimum absolute atomic E-state index is 0.383. The summed E-state index contributed by atoms with van der Waals surface area (Å²) in [6.07, 6.45) is 1.58. The molecule has 1 N–H and O–H groups in total. The summed E-state index contributed by atoms with van der Waals surface area (Å²) >= 11 is 9.20. The van der Waals surface area contributed by atoms with Gasteiger partial charge in [0, 0.05) is 27.9 Å². The van der Waals surface area contributed by atoms with E-state index in [0.29, 0.717) is 11.9 Å². The van der Waals surface area contributed by atoms with E-state index in [-0.39, 0.29) is 6.10 Å². The fraction of sp³-hybridized carbons (Fsp3) is 0.250. The first-order valence-electron chi connectivity index (χ1n) is 5.02. The van der Waals surface area contributed by atoms with Crippen LogP contribution in [-0.4, -0.2) is 16.5 Å². The molecule has 2 nitrogen and oxygen atoms in total. The molecule has 0 amide bonds. The molecule has 84 valence electrons. The maximum Gasteiger partial charge on any atom is 0.212 e. The van der Waals surface area contributed by atoms with Gasteiger partial charge in [0.05, 0.1) is 0 Å². The summed E-state index contributed by atoms with van der Waals surface area (Å²) < 4.78 is 2.03. The van der Waals surface area contributed by atoms with Crippen LogP contribution in [0.25, 0.3) is 10.9 Å². The Labute approximate surface area is 108 Å². The van der Waals surface area contributed by atoms with Gasteiger partial charge in [-0.15, -0.1) is 0 Å². The maximum atomic E-state index is 9.63. The summed E-state index contributed by atoms with van der Waals surface area (Å²) in [7, 11) is 0. The normalized spacial score (nSPS) is 12.9. The van der Waals surface area contributed by atoms with E-state index in [1.54, 1.807) is 0 Å². The van der Waals surface area contributed by atoms with Crippen LogP contribution in [0.15, 0.2) is 36.5 Å². The predicted octanol–water partition coefficient (Wildman–Crippen LogP) is 2.54. The minimum Gasteiger partial charge on any atom is -0.386 e. The molecule has 0 aliphatic heterocycles. The van der Waals surface area contributed by atoms with Gasteiger partial charge >= 0.3 is 0 Å². The van der Waals surface area contributed by atoms with Gasteiger partial charge in [-0.1, -0.05) is 27.5 Å². The third-order valence-electron chi connectivity index (χ3n) is 2.43. The lowest BCUT2D eigenvalue weighted by molar-refractivity contribution is -0.677. The summed E-state index contributed by atoms with van der Waals surface area (Å²) in [4.78, 5) is 0. The van der Waals surface area contributed by atoms with Crippen LogP contribution < -0.4 is 4.57 Å². The Kier molecular flexibility index (Phi) is 3.79. The smallest absolute Gasteiger partial charge is 0.212 e. The van der Waals surface area contributed by atoms with Gasteiger partial charge in [-0.05, 0) is 18.2 Å². The van der Waals surface area contributed by atoms with E-state index < -0.39 is 0 Å². The average molecular weight is 302 g/mol. The lowest BCUT2D eigenvalue weighted by Gasteiger charge is -2.05. The zero-order chi connectivity index (χ0) is 11.5. The number of hydrogen-bond acceptors (Lipinski definition) is 1. The topological polar surface area (TPSA) is 24.1 Å². The molecule has 4 heteroatoms. The molecule has 0 saturated heterocycles. The monoisotopic (exact) mass is 300 g/mol. The van der Waals surface area contributed by atoms with Gasteiger partial charge in [-0.2, -0.15) is 4.57 Å². The van der Waals surface area contributed by atoms with Crippen molar-refractivity contribution in [1.82, 2.24) is 0 Å². The standard InChI is InChI=1S/C12H12BrClNO/c13-7-11(16)8-15-5-1-2-9-6-10(14)3-4-12(9)15/h1-6,11,16H,7-8H2/q+1/t11-/m0/s1. The number of rotatable bonds is 3. The van der Waals surface area contributed by atoms with E-state index in [1.807, 2.05) is 41.1 Å². The highest BCUT2D eigenvalue weighted by atomic mass is 79.9. The lowest BCUT2D eigenvalue weighted by Crippen LogP contribution is -2.40. The van der Waals surface area contributed by atoms with Crippen LogP contribution in [0.3, 0.4) is 0 Å². The van der Waals surface area contributed by atoms with Crippen LogP contribution in [0.5, 0.6) is 0 Å². The number of pyridine rings is 1. The van der Waals surface area contributed by atoms with Crippen molar-refractivity contribution in [1.29, 1.82) is 0 Å². The highest BCUT2D eigenvalue weighted by molar-refractivity contribution is 9.09. The fourth-order valence-electron chi connectivity index (χ4n) is 1.69. The van der Waals surface area contributed by atoms with Crippen LogP contribution in [0, 0.1) is 0 Å². The first-order valence-corrected chi connectivity index (χ1v) is 6.52. The second kappa shape index (κ2) is 5.13. The molecule has 1 aromatic heterocycles. The van der Waals surface area contributed by atoms with E-state index in [2.05, 4.69) is 15.9 Å². The third-order valence-corrected chi connectivity index (χ3v) is 3.41. The van der Waals surface area contributed by atoms with E-state index in [4.69, 9.17) is 11.6 Å².